The van der Waals surface area contributed by atoms with E-state index in [4.69, 9.17) is 0 Å². The van der Waals surface area contributed by atoms with Crippen molar-refractivity contribution in [3.8, 4) is 5.75 Å². The van der Waals surface area contributed by atoms with Gasteiger partial charge in [0.25, 0.3) is 5.69 Å². The Bertz CT molecular complexity index is 744. The van der Waals surface area contributed by atoms with E-state index < -0.39 is 16.4 Å². The van der Waals surface area contributed by atoms with E-state index in [2.05, 4.69) is 10.2 Å². The number of hydrogen-bond acceptors (Lipinski definition) is 5. The molecule has 1 N–H and O–H groups in total. The van der Waals surface area contributed by atoms with Gasteiger partial charge in [-0.05, 0) is 43.2 Å². The molecule has 0 bridgehead atoms. The Kier molecular flexibility index (Phi) is 3.93. The van der Waals surface area contributed by atoms with Crippen molar-refractivity contribution in [2.24, 2.45) is 10.2 Å². The van der Waals surface area contributed by atoms with Gasteiger partial charge in [-0.3, -0.25) is 10.1 Å². The number of hydrogen-bond donors (Lipinski definition) is 1. The van der Waals surface area contributed by atoms with Gasteiger partial charge in [0.2, 0.25) is 0 Å². The van der Waals surface area contributed by atoms with Crippen LogP contribution in [0, 0.1) is 29.8 Å². The van der Waals surface area contributed by atoms with Gasteiger partial charge in [-0.2, -0.15) is 0 Å². The summed E-state index contributed by atoms with van der Waals surface area (Å²) in [6, 6.07) is 6.37. The van der Waals surface area contributed by atoms with Crippen molar-refractivity contribution in [2.75, 3.05) is 0 Å². The number of nitro groups is 1. The summed E-state index contributed by atoms with van der Waals surface area (Å²) in [5.74, 6) is -0.774. The third-order valence-electron chi connectivity index (χ3n) is 2.82. The standard InChI is InChI=1S/C14H12FN3O3/c1-8-5-9(2)14(19)12(6-8)17-16-11-4-3-10(15)7-13(11)18(20)21/h3-7,19H,1-2H3. The number of nitrogens with zero attached hydrogens (tertiary/aromatic N) is 3. The van der Waals surface area contributed by atoms with Crippen LogP contribution in [0.5, 0.6) is 5.75 Å². The Balaban J connectivity index is 2.45. The molecule has 21 heavy (non-hydrogen) atoms. The molecule has 0 aromatic heterocycles. The Morgan fingerprint density at radius 2 is 1.81 bits per heavy atom. The molecular formula is C14H12FN3O3. The highest BCUT2D eigenvalue weighted by molar-refractivity contribution is 5.59. The first-order valence-corrected chi connectivity index (χ1v) is 6.04. The highest BCUT2D eigenvalue weighted by Crippen LogP contribution is 2.34. The van der Waals surface area contributed by atoms with Gasteiger partial charge in [0.05, 0.1) is 11.0 Å². The van der Waals surface area contributed by atoms with Gasteiger partial charge >= 0.3 is 0 Å². The Hall–Kier alpha value is -2.83. The number of benzene rings is 2. The number of nitro benzene ring substituents is 1. The summed E-state index contributed by atoms with van der Waals surface area (Å²) in [5.41, 5.74) is 1.12. The normalized spacial score (nSPS) is 11.0. The average molecular weight is 289 g/mol. The molecule has 0 saturated heterocycles. The lowest BCUT2D eigenvalue weighted by atomic mass is 10.1. The number of aromatic hydroxyl groups is 1. The van der Waals surface area contributed by atoms with Crippen molar-refractivity contribution >= 4 is 17.1 Å². The second-order valence-corrected chi connectivity index (χ2v) is 4.54. The lowest BCUT2D eigenvalue weighted by Gasteiger charge is -2.03. The van der Waals surface area contributed by atoms with Gasteiger partial charge in [-0.15, -0.1) is 10.2 Å². The quantitative estimate of drug-likeness (QED) is 0.513. The predicted octanol–water partition coefficient (Wildman–Crippen LogP) is 4.47. The maximum atomic E-state index is 13.0. The molecule has 0 spiro atoms. The topological polar surface area (TPSA) is 88.1 Å². The van der Waals surface area contributed by atoms with Crippen molar-refractivity contribution < 1.29 is 14.4 Å². The molecule has 0 atom stereocenters. The van der Waals surface area contributed by atoms with E-state index in [1.165, 1.54) is 0 Å². The third-order valence-corrected chi connectivity index (χ3v) is 2.82. The summed E-state index contributed by atoms with van der Waals surface area (Å²) >= 11 is 0. The largest absolute Gasteiger partial charge is 0.505 e. The monoisotopic (exact) mass is 289 g/mol. The molecule has 0 amide bonds. The van der Waals surface area contributed by atoms with Crippen LogP contribution in [0.25, 0.3) is 0 Å². The average Bonchev–Trinajstić information content (AvgIpc) is 2.42. The summed E-state index contributed by atoms with van der Waals surface area (Å²) in [6.07, 6.45) is 0. The van der Waals surface area contributed by atoms with Gasteiger partial charge in [0.1, 0.15) is 17.3 Å². The first-order valence-electron chi connectivity index (χ1n) is 6.04. The number of phenolic OH excluding ortho intramolecular Hbond substituents is 1. The zero-order valence-corrected chi connectivity index (χ0v) is 11.4. The van der Waals surface area contributed by atoms with E-state index in [1.807, 2.05) is 6.92 Å². The first kappa shape index (κ1) is 14.6. The van der Waals surface area contributed by atoms with E-state index in [-0.39, 0.29) is 17.1 Å². The molecule has 2 aromatic rings. The van der Waals surface area contributed by atoms with Crippen LogP contribution in [0.1, 0.15) is 11.1 Å². The van der Waals surface area contributed by atoms with Crippen LogP contribution in [0.3, 0.4) is 0 Å². The zero-order valence-electron chi connectivity index (χ0n) is 11.4. The number of phenols is 1. The maximum absolute atomic E-state index is 13.0. The van der Waals surface area contributed by atoms with Crippen LogP contribution in [-0.4, -0.2) is 10.0 Å². The molecular weight excluding hydrogens is 277 g/mol. The Morgan fingerprint density at radius 1 is 1.14 bits per heavy atom. The Morgan fingerprint density at radius 3 is 2.48 bits per heavy atom. The molecule has 7 heteroatoms. The van der Waals surface area contributed by atoms with Gasteiger partial charge < -0.3 is 5.11 Å². The van der Waals surface area contributed by atoms with Gasteiger partial charge in [-0.25, -0.2) is 4.39 Å². The highest BCUT2D eigenvalue weighted by atomic mass is 19.1. The molecule has 108 valence electrons. The third kappa shape index (κ3) is 3.19. The molecule has 0 aliphatic heterocycles. The number of halogens is 1. The lowest BCUT2D eigenvalue weighted by molar-refractivity contribution is -0.384. The van der Waals surface area contributed by atoms with Crippen LogP contribution in [0.15, 0.2) is 40.6 Å². The minimum Gasteiger partial charge on any atom is -0.505 e. The molecule has 2 rings (SSSR count). The summed E-state index contributed by atoms with van der Waals surface area (Å²) in [7, 11) is 0. The molecule has 2 aromatic carbocycles. The fourth-order valence-electron chi connectivity index (χ4n) is 1.85. The second-order valence-electron chi connectivity index (χ2n) is 4.54. The van der Waals surface area contributed by atoms with Crippen molar-refractivity contribution in [1.29, 1.82) is 0 Å². The van der Waals surface area contributed by atoms with Gasteiger partial charge in [0.15, 0.2) is 5.69 Å². The van der Waals surface area contributed by atoms with E-state index in [1.54, 1.807) is 19.1 Å². The van der Waals surface area contributed by atoms with E-state index in [9.17, 15) is 19.6 Å². The smallest absolute Gasteiger partial charge is 0.299 e. The second kappa shape index (κ2) is 5.66. The lowest BCUT2D eigenvalue weighted by Crippen LogP contribution is -1.89. The van der Waals surface area contributed by atoms with Crippen LogP contribution >= 0.6 is 0 Å². The number of azo groups is 1. The highest BCUT2D eigenvalue weighted by Gasteiger charge is 2.15. The fraction of sp³-hybridized carbons (Fsp3) is 0.143. The van der Waals surface area contributed by atoms with E-state index in [0.717, 1.165) is 23.8 Å². The van der Waals surface area contributed by atoms with Crippen molar-refractivity contribution in [3.63, 3.8) is 0 Å². The van der Waals surface area contributed by atoms with Crippen LogP contribution in [0.2, 0.25) is 0 Å². The van der Waals surface area contributed by atoms with Crippen molar-refractivity contribution in [1.82, 2.24) is 0 Å². The molecule has 0 aliphatic carbocycles. The molecule has 0 saturated carbocycles. The minimum atomic E-state index is -0.737. The molecule has 0 heterocycles. The summed E-state index contributed by atoms with van der Waals surface area (Å²) in [4.78, 5) is 10.1. The number of aryl methyl sites for hydroxylation is 2. The van der Waals surface area contributed by atoms with Crippen molar-refractivity contribution in [2.45, 2.75) is 13.8 Å². The van der Waals surface area contributed by atoms with Gasteiger partial charge in [0, 0.05) is 0 Å². The number of rotatable bonds is 3. The summed E-state index contributed by atoms with van der Waals surface area (Å²) in [6.45, 7) is 3.54. The van der Waals surface area contributed by atoms with Crippen LogP contribution in [-0.2, 0) is 0 Å². The summed E-state index contributed by atoms with van der Waals surface area (Å²) < 4.78 is 13.0. The minimum absolute atomic E-state index is 0.0471. The maximum Gasteiger partial charge on any atom is 0.299 e. The molecule has 0 aliphatic rings. The predicted molar refractivity (Wildman–Crippen MR) is 74.8 cm³/mol. The van der Waals surface area contributed by atoms with Crippen molar-refractivity contribution in [3.05, 3.63) is 57.4 Å². The van der Waals surface area contributed by atoms with Gasteiger partial charge in [-0.1, -0.05) is 6.07 Å². The molecule has 6 nitrogen and oxygen atoms in total. The fourth-order valence-corrected chi connectivity index (χ4v) is 1.85. The van der Waals surface area contributed by atoms with E-state index >= 15 is 0 Å². The van der Waals surface area contributed by atoms with Crippen LogP contribution in [0.4, 0.5) is 21.5 Å². The molecule has 0 unspecified atom stereocenters. The van der Waals surface area contributed by atoms with Crippen LogP contribution < -0.4 is 0 Å². The molecule has 0 radical (unpaired) electrons. The molecule has 0 fully saturated rings. The summed E-state index contributed by atoms with van der Waals surface area (Å²) in [5, 5.41) is 28.3. The zero-order chi connectivity index (χ0) is 15.6. The SMILES string of the molecule is Cc1cc(C)c(O)c(N=Nc2ccc(F)cc2[N+](=O)[O-])c1. The van der Waals surface area contributed by atoms with E-state index in [0.29, 0.717) is 5.56 Å². The Labute approximate surface area is 119 Å². The first-order chi connectivity index (χ1) is 9.88.